The Balaban J connectivity index is 2.02. The molecule has 0 saturated carbocycles. The number of nitrogens with two attached hydrogens (primary N) is 6. The first-order valence-electron chi connectivity index (χ1n) is 33.8. The predicted molar refractivity (Wildman–Crippen MR) is 390 cm³/mol. The number of thiol groups is 1. The van der Waals surface area contributed by atoms with E-state index in [4.69, 9.17) is 66.9 Å². The third-order valence-electron chi connectivity index (χ3n) is 16.2. The number of carbonyl (C=O) groups excluding carboxylic acids is 9. The molecular formula is C60H93F8N29O9S3. The minimum atomic E-state index is -2.65. The Kier molecular flexibility index (Phi) is 38.6. The van der Waals surface area contributed by atoms with Crippen LogP contribution in [0.25, 0.3) is 11.1 Å². The zero-order valence-corrected chi connectivity index (χ0v) is 61.2. The summed E-state index contributed by atoms with van der Waals surface area (Å²) in [7, 11) is 0. The number of benzene rings is 2. The van der Waals surface area contributed by atoms with E-state index in [1.807, 2.05) is 0 Å². The van der Waals surface area contributed by atoms with E-state index in [-0.39, 0.29) is 147 Å². The van der Waals surface area contributed by atoms with Crippen LogP contribution in [0.1, 0.15) is 77.0 Å². The first-order chi connectivity index (χ1) is 51.6. The zero-order valence-electron chi connectivity index (χ0n) is 58.7. The van der Waals surface area contributed by atoms with E-state index in [9.17, 15) is 43.2 Å². The van der Waals surface area contributed by atoms with E-state index in [1.165, 1.54) is 4.90 Å². The van der Waals surface area contributed by atoms with Crippen molar-refractivity contribution >= 4 is 125 Å². The second-order valence-corrected chi connectivity index (χ2v) is 26.7. The van der Waals surface area contributed by atoms with Crippen molar-refractivity contribution in [1.29, 1.82) is 32.5 Å². The van der Waals surface area contributed by atoms with Crippen molar-refractivity contribution in [2.75, 3.05) is 83.5 Å². The third kappa shape index (κ3) is 30.0. The Morgan fingerprint density at radius 3 is 0.917 bits per heavy atom. The molecule has 8 unspecified atom stereocenters. The van der Waals surface area contributed by atoms with Crippen molar-refractivity contribution < 1.29 is 78.3 Å². The van der Waals surface area contributed by atoms with Crippen molar-refractivity contribution in [3.05, 3.63) is 46.5 Å². The van der Waals surface area contributed by atoms with E-state index in [0.717, 1.165) is 0 Å². The topological polar surface area (TPSA) is 649 Å². The maximum Gasteiger partial charge on any atom is 0.243 e. The number of halogens is 8. The van der Waals surface area contributed by atoms with Gasteiger partial charge in [-0.2, -0.15) is 0 Å². The number of rotatable bonds is 28. The molecule has 49 heteroatoms. The molecule has 2 aromatic carbocycles. The normalized spacial score (nSPS) is 20.2. The quantitative estimate of drug-likeness (QED) is 0.00947. The number of amides is 9. The summed E-state index contributed by atoms with van der Waals surface area (Å²) in [5.74, 6) is -35.7. The van der Waals surface area contributed by atoms with Gasteiger partial charge in [0.05, 0.1) is 27.5 Å². The molecule has 4 aliphatic heterocycles. The maximum atomic E-state index is 16.4. The molecule has 1 saturated heterocycles. The third-order valence-corrected chi connectivity index (χ3v) is 18.8. The number of hydrogen-bond donors (Lipinski definition) is 29. The van der Waals surface area contributed by atoms with Gasteiger partial charge in [0.15, 0.2) is 82.3 Å². The molecule has 109 heavy (non-hydrogen) atoms. The number of nitrogens with one attached hydrogen (secondary N) is 22. The number of carbonyl (C=O) groups is 9. The zero-order chi connectivity index (χ0) is 81.2. The molecule has 8 atom stereocenters. The number of thioether (sulfide) groups is 2. The smallest absolute Gasteiger partial charge is 0.243 e. The Labute approximate surface area is 633 Å². The molecule has 606 valence electrons. The van der Waals surface area contributed by atoms with E-state index in [0.29, 0.717) is 13.1 Å². The molecule has 38 nitrogen and oxygen atoms in total. The minimum Gasteiger partial charge on any atom is -0.370 e. The fourth-order valence-corrected chi connectivity index (χ4v) is 12.9. The number of piperazine rings is 1. The highest BCUT2D eigenvalue weighted by Crippen LogP contribution is 2.42. The number of nitrogens with zero attached hydrogens (tertiary/aromatic N) is 1. The Bertz CT molecular complexity index is 3580. The van der Waals surface area contributed by atoms with E-state index in [2.05, 4.69) is 97.3 Å². The van der Waals surface area contributed by atoms with Gasteiger partial charge in [-0.15, -0.1) is 23.5 Å². The second-order valence-electron chi connectivity index (χ2n) is 24.4. The van der Waals surface area contributed by atoms with Crippen molar-refractivity contribution in [2.45, 2.75) is 135 Å². The van der Waals surface area contributed by atoms with Gasteiger partial charge in [0.1, 0.15) is 48.3 Å². The molecule has 6 rings (SSSR count). The number of fused-ring (bicyclic) bond motifs is 2. The average molecular weight is 1610 g/mol. The Morgan fingerprint density at radius 1 is 0.394 bits per heavy atom. The molecule has 0 aliphatic carbocycles. The average Bonchev–Trinajstić information content (AvgIpc) is 0.746. The van der Waals surface area contributed by atoms with Crippen LogP contribution in [0.3, 0.4) is 0 Å². The van der Waals surface area contributed by atoms with Crippen molar-refractivity contribution in [2.24, 2.45) is 34.4 Å². The molecule has 4 heterocycles. The van der Waals surface area contributed by atoms with E-state index in [1.54, 1.807) is 0 Å². The predicted octanol–water partition coefficient (Wildman–Crippen LogP) is -5.01. The van der Waals surface area contributed by atoms with Gasteiger partial charge in [-0.05, 0) is 77.0 Å². The molecule has 0 aromatic heterocycles. The van der Waals surface area contributed by atoms with Crippen LogP contribution in [0.5, 0.6) is 0 Å². The summed E-state index contributed by atoms with van der Waals surface area (Å²) >= 11 is 3.51. The highest BCUT2D eigenvalue weighted by atomic mass is 32.2. The lowest BCUT2D eigenvalue weighted by Gasteiger charge is -2.29. The molecule has 4 bridgehead atoms. The van der Waals surface area contributed by atoms with Gasteiger partial charge >= 0.3 is 0 Å². The molecule has 0 spiro atoms. The van der Waals surface area contributed by atoms with Crippen molar-refractivity contribution in [1.82, 2.24) is 89.4 Å². The van der Waals surface area contributed by atoms with Crippen LogP contribution in [0.4, 0.5) is 35.1 Å². The van der Waals surface area contributed by atoms with Gasteiger partial charge in [-0.25, -0.2) is 35.1 Å². The molecule has 34 N–H and O–H groups in total. The van der Waals surface area contributed by atoms with Crippen LogP contribution in [-0.2, 0) is 43.2 Å². The second kappa shape index (κ2) is 46.1. The molecule has 9 amide bonds. The van der Waals surface area contributed by atoms with Crippen molar-refractivity contribution in [3.63, 3.8) is 0 Å². The summed E-state index contributed by atoms with van der Waals surface area (Å²) in [6.07, 6.45) is -2.79. The molecular weight excluding hydrogens is 1520 g/mol. The van der Waals surface area contributed by atoms with Crippen LogP contribution in [0, 0.1) is 79.0 Å². The van der Waals surface area contributed by atoms with E-state index < -0.39 is 229 Å². The van der Waals surface area contributed by atoms with Gasteiger partial charge in [0.2, 0.25) is 53.2 Å². The van der Waals surface area contributed by atoms with Crippen molar-refractivity contribution in [3.8, 4) is 11.1 Å². The lowest BCUT2D eigenvalue weighted by molar-refractivity contribution is -0.136. The highest BCUT2D eigenvalue weighted by Gasteiger charge is 2.39. The van der Waals surface area contributed by atoms with Crippen LogP contribution in [0.15, 0.2) is 9.79 Å². The van der Waals surface area contributed by atoms with Gasteiger partial charge in [-0.3, -0.25) is 80.3 Å². The molecule has 4 aliphatic rings. The van der Waals surface area contributed by atoms with Crippen LogP contribution in [0.2, 0.25) is 0 Å². The summed E-state index contributed by atoms with van der Waals surface area (Å²) in [5.41, 5.74) is 28.3. The van der Waals surface area contributed by atoms with Crippen LogP contribution in [-0.4, -0.2) is 226 Å². The molecule has 2 aromatic rings. The first kappa shape index (κ1) is 91.1. The molecule has 1 fully saturated rings. The van der Waals surface area contributed by atoms with E-state index >= 15 is 35.1 Å². The Morgan fingerprint density at radius 2 is 0.651 bits per heavy atom. The van der Waals surface area contributed by atoms with Gasteiger partial charge in [-0.1, -0.05) is 12.8 Å². The SMILES string of the molecule is N=C(N)NCCCC1NC(=O)C(NS)CSc2c(F)c(F)c(c(F)c2F)-c2c(F)c(F)c(c(F)c2F)SCC(C(=O)NCC(=O)N2CCNCC2)NC(=O)C(CCCNC(=N)N)NC(=O)C(CCCNC(=N)N)NC(=O)C(CCCNC(=N)N)NC(=O)C(CCCNC(=N)N)NC(=O)C(CCCNC(=N)N)NC1=O. The van der Waals surface area contributed by atoms with Crippen LogP contribution < -0.4 is 119 Å². The first-order valence-corrected chi connectivity index (χ1v) is 36.2. The summed E-state index contributed by atoms with van der Waals surface area (Å²) in [5, 5.41) is 83.5. The summed E-state index contributed by atoms with van der Waals surface area (Å²) in [4.78, 5) is 128. The van der Waals surface area contributed by atoms with Gasteiger partial charge < -0.3 is 119 Å². The summed E-state index contributed by atoms with van der Waals surface area (Å²) < 4.78 is 133. The Hall–Kier alpha value is -10.3. The largest absolute Gasteiger partial charge is 0.370 e. The minimum absolute atomic E-state index is 0.0615. The monoisotopic (exact) mass is 1610 g/mol. The fourth-order valence-electron chi connectivity index (χ4n) is 10.6. The standard InChI is InChI=1S/C60H93F8N29O9S3/c61-37-35-36-39(63)43(67)46(44(68)40(36)64)109-25-33(96-107)54(106)94-30(11-5-17-86-59(77)78)52(104)92-28(9-3-15-84-57(73)74)50(102)90-26(7-1-13-82-55(69)70)48(100)89-27(8-2-14-83-56(71)72)49(101)91-29(10-4-16-85-58(75)76)51(103)93-31(12-6-18-87-60(79)80)53(105)95-32(24-108-45(41(37)65)42(66)38(35)62)47(99)88-23-34(98)97-21-19-81-20-22-97/h26-33,81,96,107H,1-25H2,(H,88,99)(H,89,100)(H,90,102)(H,91,101)(H,92,104)(H,93,103)(H,94,106)(H,95,105)(H4,69,70,82)(H4,71,72,83)(H4,73,74,84)(H4,75,76,85)(H4,77,78,86)(H4,79,80,87). The summed E-state index contributed by atoms with van der Waals surface area (Å²) in [6, 6.07) is -14.4. The number of guanidine groups is 6. The number of hydrogen-bond acceptors (Lipinski definition) is 20. The van der Waals surface area contributed by atoms with Gasteiger partial charge in [0.25, 0.3) is 0 Å². The fraction of sp³-hybridized carbons (Fsp3) is 0.550. The van der Waals surface area contributed by atoms with Gasteiger partial charge in [0, 0.05) is 77.0 Å². The highest BCUT2D eigenvalue weighted by molar-refractivity contribution is 7.99. The molecule has 0 radical (unpaired) electrons. The lowest BCUT2D eigenvalue weighted by Crippen LogP contribution is -2.60. The maximum absolute atomic E-state index is 16.4. The lowest BCUT2D eigenvalue weighted by atomic mass is 10.0. The summed E-state index contributed by atoms with van der Waals surface area (Å²) in [6.45, 7) is -0.500. The van der Waals surface area contributed by atoms with Crippen LogP contribution >= 0.6 is 36.3 Å².